The number of likely N-dealkylation sites (tertiary alicyclic amines) is 1. The summed E-state index contributed by atoms with van der Waals surface area (Å²) in [7, 11) is 2.06. The zero-order valence-corrected chi connectivity index (χ0v) is 12.6. The van der Waals surface area contributed by atoms with Crippen molar-refractivity contribution in [3.63, 3.8) is 0 Å². The van der Waals surface area contributed by atoms with E-state index in [1.165, 1.54) is 0 Å². The molecule has 2 rings (SSSR count). The molecule has 6 nitrogen and oxygen atoms in total. The molecular formula is C14H25N3O3. The van der Waals surface area contributed by atoms with Crippen molar-refractivity contribution >= 4 is 12.0 Å². The van der Waals surface area contributed by atoms with Gasteiger partial charge >= 0.3 is 12.0 Å². The van der Waals surface area contributed by atoms with E-state index >= 15 is 0 Å². The minimum absolute atomic E-state index is 0.00201. The SMILES string of the molecule is CCC1(C(=O)O)CCN(C(=O)N2CCN(C)CC2C)C1. The van der Waals surface area contributed by atoms with Crippen molar-refractivity contribution in [2.45, 2.75) is 32.7 Å². The smallest absolute Gasteiger partial charge is 0.320 e. The van der Waals surface area contributed by atoms with Gasteiger partial charge in [0.1, 0.15) is 0 Å². The third-order valence-electron chi connectivity index (χ3n) is 4.83. The molecule has 0 aliphatic carbocycles. The molecule has 0 aromatic carbocycles. The highest BCUT2D eigenvalue weighted by Gasteiger charge is 2.46. The molecule has 0 saturated carbocycles. The standard InChI is InChI=1S/C14H25N3O3/c1-4-14(12(18)19)5-6-16(10-14)13(20)17-8-7-15(3)9-11(17)2/h11H,4-10H2,1-3H3,(H,18,19). The summed E-state index contributed by atoms with van der Waals surface area (Å²) >= 11 is 0. The predicted molar refractivity (Wildman–Crippen MR) is 75.6 cm³/mol. The molecule has 2 unspecified atom stereocenters. The van der Waals surface area contributed by atoms with E-state index in [2.05, 4.69) is 11.9 Å². The van der Waals surface area contributed by atoms with Gasteiger partial charge in [-0.3, -0.25) is 4.79 Å². The number of aliphatic carboxylic acids is 1. The van der Waals surface area contributed by atoms with Crippen LogP contribution in [0.5, 0.6) is 0 Å². The molecule has 2 amide bonds. The van der Waals surface area contributed by atoms with Gasteiger partial charge in [-0.1, -0.05) is 6.92 Å². The summed E-state index contributed by atoms with van der Waals surface area (Å²) in [6, 6.07) is 0.185. The lowest BCUT2D eigenvalue weighted by molar-refractivity contribution is -0.148. The van der Waals surface area contributed by atoms with E-state index in [9.17, 15) is 14.7 Å². The van der Waals surface area contributed by atoms with Gasteiger partial charge in [0.25, 0.3) is 0 Å². The van der Waals surface area contributed by atoms with E-state index in [0.717, 1.165) is 19.6 Å². The first kappa shape index (κ1) is 15.1. The van der Waals surface area contributed by atoms with Crippen LogP contribution in [0, 0.1) is 5.41 Å². The lowest BCUT2D eigenvalue weighted by atomic mass is 9.84. The molecule has 0 spiro atoms. The maximum absolute atomic E-state index is 12.6. The molecule has 1 N–H and O–H groups in total. The van der Waals surface area contributed by atoms with Crippen LogP contribution in [-0.2, 0) is 4.79 Å². The highest BCUT2D eigenvalue weighted by Crippen LogP contribution is 2.34. The summed E-state index contributed by atoms with van der Waals surface area (Å²) in [5.74, 6) is -0.776. The Morgan fingerprint density at radius 1 is 1.30 bits per heavy atom. The average molecular weight is 283 g/mol. The molecular weight excluding hydrogens is 258 g/mol. The molecule has 2 heterocycles. The third-order valence-corrected chi connectivity index (χ3v) is 4.83. The van der Waals surface area contributed by atoms with Crippen LogP contribution >= 0.6 is 0 Å². The van der Waals surface area contributed by atoms with Crippen molar-refractivity contribution in [3.05, 3.63) is 0 Å². The van der Waals surface area contributed by atoms with Crippen LogP contribution in [0.15, 0.2) is 0 Å². The number of piperazine rings is 1. The first-order chi connectivity index (χ1) is 9.39. The number of rotatable bonds is 2. The summed E-state index contributed by atoms with van der Waals surface area (Å²) in [5.41, 5.74) is -0.745. The van der Waals surface area contributed by atoms with E-state index in [1.54, 1.807) is 4.90 Å². The van der Waals surface area contributed by atoms with Gasteiger partial charge in [-0.05, 0) is 26.8 Å². The molecule has 6 heteroatoms. The van der Waals surface area contributed by atoms with E-state index in [1.807, 2.05) is 18.7 Å². The molecule has 0 bridgehead atoms. The monoisotopic (exact) mass is 283 g/mol. The molecule has 2 aliphatic rings. The first-order valence-corrected chi connectivity index (χ1v) is 7.37. The van der Waals surface area contributed by atoms with Crippen molar-refractivity contribution in [1.82, 2.24) is 14.7 Å². The van der Waals surface area contributed by atoms with Gasteiger partial charge in [-0.25, -0.2) is 4.79 Å². The summed E-state index contributed by atoms with van der Waals surface area (Å²) in [6.07, 6.45) is 1.14. The van der Waals surface area contributed by atoms with Gasteiger partial charge in [-0.15, -0.1) is 0 Å². The lowest BCUT2D eigenvalue weighted by Crippen LogP contribution is -2.56. The summed E-state index contributed by atoms with van der Waals surface area (Å²) < 4.78 is 0. The second-order valence-electron chi connectivity index (χ2n) is 6.20. The molecule has 20 heavy (non-hydrogen) atoms. The lowest BCUT2D eigenvalue weighted by Gasteiger charge is -2.40. The highest BCUT2D eigenvalue weighted by atomic mass is 16.4. The summed E-state index contributed by atoms with van der Waals surface area (Å²) in [6.45, 7) is 7.31. The number of carboxylic acid groups (broad SMARTS) is 1. The van der Waals surface area contributed by atoms with Crippen molar-refractivity contribution < 1.29 is 14.7 Å². The number of likely N-dealkylation sites (N-methyl/N-ethyl adjacent to an activating group) is 1. The minimum atomic E-state index is -0.776. The number of hydrogen-bond donors (Lipinski definition) is 1. The summed E-state index contributed by atoms with van der Waals surface area (Å²) in [4.78, 5) is 29.9. The number of carbonyl (C=O) groups excluding carboxylic acids is 1. The van der Waals surface area contributed by atoms with Crippen molar-refractivity contribution in [2.75, 3.05) is 39.8 Å². The number of carboxylic acids is 1. The van der Waals surface area contributed by atoms with Crippen LogP contribution in [0.25, 0.3) is 0 Å². The predicted octanol–water partition coefficient (Wildman–Crippen LogP) is 0.929. The highest BCUT2D eigenvalue weighted by molar-refractivity contribution is 5.80. The molecule has 0 radical (unpaired) electrons. The Hall–Kier alpha value is -1.30. The topological polar surface area (TPSA) is 64.1 Å². The van der Waals surface area contributed by atoms with Gasteiger partial charge in [0.15, 0.2) is 0 Å². The Morgan fingerprint density at radius 3 is 2.50 bits per heavy atom. The van der Waals surface area contributed by atoms with E-state index in [-0.39, 0.29) is 12.1 Å². The van der Waals surface area contributed by atoms with Gasteiger partial charge in [-0.2, -0.15) is 0 Å². The van der Waals surface area contributed by atoms with Crippen molar-refractivity contribution in [1.29, 1.82) is 0 Å². The average Bonchev–Trinajstić information content (AvgIpc) is 2.83. The van der Waals surface area contributed by atoms with Crippen LogP contribution in [0.3, 0.4) is 0 Å². The van der Waals surface area contributed by atoms with Crippen LogP contribution in [-0.4, -0.2) is 77.6 Å². The first-order valence-electron chi connectivity index (χ1n) is 7.37. The van der Waals surface area contributed by atoms with Gasteiger partial charge in [0.2, 0.25) is 0 Å². The van der Waals surface area contributed by atoms with Crippen molar-refractivity contribution in [2.24, 2.45) is 5.41 Å². The van der Waals surface area contributed by atoms with E-state index in [4.69, 9.17) is 0 Å². The molecule has 114 valence electrons. The Bertz CT molecular complexity index is 401. The number of nitrogens with zero attached hydrogens (tertiary/aromatic N) is 3. The van der Waals surface area contributed by atoms with Crippen LogP contribution < -0.4 is 0 Å². The zero-order valence-electron chi connectivity index (χ0n) is 12.6. The fourth-order valence-corrected chi connectivity index (χ4v) is 3.26. The normalized spacial score (nSPS) is 31.6. The molecule has 2 fully saturated rings. The van der Waals surface area contributed by atoms with Crippen molar-refractivity contribution in [3.8, 4) is 0 Å². The van der Waals surface area contributed by atoms with Crippen LogP contribution in [0.2, 0.25) is 0 Å². The third kappa shape index (κ3) is 2.61. The fourth-order valence-electron chi connectivity index (χ4n) is 3.26. The maximum Gasteiger partial charge on any atom is 0.320 e. The Morgan fingerprint density at radius 2 is 2.00 bits per heavy atom. The number of amides is 2. The second-order valence-corrected chi connectivity index (χ2v) is 6.20. The number of carbonyl (C=O) groups is 2. The molecule has 2 aliphatic heterocycles. The van der Waals surface area contributed by atoms with Gasteiger partial charge in [0, 0.05) is 38.8 Å². The summed E-state index contributed by atoms with van der Waals surface area (Å²) in [5, 5.41) is 9.40. The molecule has 0 aromatic rings. The number of urea groups is 1. The largest absolute Gasteiger partial charge is 0.481 e. The number of hydrogen-bond acceptors (Lipinski definition) is 3. The fraction of sp³-hybridized carbons (Fsp3) is 0.857. The van der Waals surface area contributed by atoms with E-state index in [0.29, 0.717) is 25.9 Å². The quantitative estimate of drug-likeness (QED) is 0.819. The molecule has 2 atom stereocenters. The minimum Gasteiger partial charge on any atom is -0.481 e. The molecule has 2 saturated heterocycles. The van der Waals surface area contributed by atoms with Crippen LogP contribution in [0.1, 0.15) is 26.7 Å². The Labute approximate surface area is 120 Å². The van der Waals surface area contributed by atoms with Crippen LogP contribution in [0.4, 0.5) is 4.79 Å². The Balaban J connectivity index is 2.03. The van der Waals surface area contributed by atoms with E-state index < -0.39 is 11.4 Å². The molecule has 0 aromatic heterocycles. The Kier molecular flexibility index (Phi) is 4.22. The second kappa shape index (κ2) is 5.60. The zero-order chi connectivity index (χ0) is 14.9. The van der Waals surface area contributed by atoms with Gasteiger partial charge in [0.05, 0.1) is 5.41 Å². The van der Waals surface area contributed by atoms with Gasteiger partial charge < -0.3 is 19.8 Å². The maximum atomic E-state index is 12.6.